The summed E-state index contributed by atoms with van der Waals surface area (Å²) in [4.78, 5) is 7.76. The molecule has 1 aromatic heterocycles. The minimum absolute atomic E-state index is 0.160. The van der Waals surface area contributed by atoms with Crippen molar-refractivity contribution in [3.05, 3.63) is 76.0 Å². The molecular weight excluding hydrogens is 329 g/mol. The summed E-state index contributed by atoms with van der Waals surface area (Å²) in [5, 5.41) is 4.60. The Labute approximate surface area is 145 Å². The van der Waals surface area contributed by atoms with E-state index in [-0.39, 0.29) is 6.04 Å². The van der Waals surface area contributed by atoms with Gasteiger partial charge in [-0.3, -0.25) is 0 Å². The highest BCUT2D eigenvalue weighted by Gasteiger charge is 2.09. The highest BCUT2D eigenvalue weighted by Crippen LogP contribution is 2.25. The minimum Gasteiger partial charge on any atom is -0.341 e. The van der Waals surface area contributed by atoms with Crippen LogP contribution in [0.4, 0.5) is 0 Å². The zero-order valence-electron chi connectivity index (χ0n) is 12.7. The number of aromatic nitrogens is 2. The molecule has 3 nitrogen and oxygen atoms in total. The van der Waals surface area contributed by atoms with E-state index in [0.717, 1.165) is 22.6 Å². The first-order chi connectivity index (χ1) is 11.1. The summed E-state index contributed by atoms with van der Waals surface area (Å²) in [5.74, 6) is 0.879. The van der Waals surface area contributed by atoms with Crippen molar-refractivity contribution in [3.8, 4) is 11.4 Å². The van der Waals surface area contributed by atoms with Gasteiger partial charge in [0.2, 0.25) is 0 Å². The number of imidazole rings is 1. The summed E-state index contributed by atoms with van der Waals surface area (Å²) >= 11 is 12.0. The quantitative estimate of drug-likeness (QED) is 0.664. The van der Waals surface area contributed by atoms with Crippen LogP contribution in [-0.4, -0.2) is 9.97 Å². The maximum absolute atomic E-state index is 6.07. The molecule has 0 aliphatic heterocycles. The number of rotatable bonds is 5. The highest BCUT2D eigenvalue weighted by molar-refractivity contribution is 6.42. The van der Waals surface area contributed by atoms with Gasteiger partial charge in [0.15, 0.2) is 0 Å². The lowest BCUT2D eigenvalue weighted by Crippen LogP contribution is -2.18. The lowest BCUT2D eigenvalue weighted by atomic mass is 10.1. The standard InChI is InChI=1S/C18H17Cl2N3/c1-12(14-7-8-16(19)17(20)9-14)21-10-15-11-22-18(23-15)13-5-3-2-4-6-13/h2-9,11-12,21H,10H2,1H3,(H,22,23)/t12-/m1/s1. The van der Waals surface area contributed by atoms with Gasteiger partial charge >= 0.3 is 0 Å². The average Bonchev–Trinajstić information content (AvgIpc) is 3.05. The topological polar surface area (TPSA) is 40.7 Å². The summed E-state index contributed by atoms with van der Waals surface area (Å²) < 4.78 is 0. The molecule has 3 rings (SSSR count). The maximum atomic E-state index is 6.07. The molecule has 0 aliphatic carbocycles. The molecule has 118 valence electrons. The zero-order chi connectivity index (χ0) is 16.2. The Morgan fingerprint density at radius 1 is 1.09 bits per heavy atom. The summed E-state index contributed by atoms with van der Waals surface area (Å²) in [5.41, 5.74) is 3.22. The van der Waals surface area contributed by atoms with E-state index in [0.29, 0.717) is 16.6 Å². The number of halogens is 2. The van der Waals surface area contributed by atoms with Crippen molar-refractivity contribution >= 4 is 23.2 Å². The number of nitrogens with zero attached hydrogens (tertiary/aromatic N) is 1. The molecule has 2 aromatic carbocycles. The van der Waals surface area contributed by atoms with Crippen molar-refractivity contribution in [3.63, 3.8) is 0 Å². The van der Waals surface area contributed by atoms with E-state index in [1.54, 1.807) is 0 Å². The molecule has 0 fully saturated rings. The van der Waals surface area contributed by atoms with Crippen LogP contribution >= 0.6 is 23.2 Å². The van der Waals surface area contributed by atoms with Crippen LogP contribution in [0.1, 0.15) is 24.2 Å². The molecular formula is C18H17Cl2N3. The number of nitrogens with one attached hydrogen (secondary N) is 2. The van der Waals surface area contributed by atoms with E-state index in [4.69, 9.17) is 23.2 Å². The fraction of sp³-hybridized carbons (Fsp3) is 0.167. The molecule has 0 bridgehead atoms. The van der Waals surface area contributed by atoms with Crippen molar-refractivity contribution < 1.29 is 0 Å². The van der Waals surface area contributed by atoms with Gasteiger partial charge in [-0.1, -0.05) is 59.6 Å². The van der Waals surface area contributed by atoms with E-state index >= 15 is 0 Å². The van der Waals surface area contributed by atoms with Crippen LogP contribution in [0.15, 0.2) is 54.7 Å². The third-order valence-electron chi connectivity index (χ3n) is 3.72. The Morgan fingerprint density at radius 2 is 1.87 bits per heavy atom. The Hall–Kier alpha value is -1.81. The molecule has 5 heteroatoms. The van der Waals surface area contributed by atoms with Gasteiger partial charge in [0, 0.05) is 30.0 Å². The fourth-order valence-corrected chi connectivity index (χ4v) is 2.66. The van der Waals surface area contributed by atoms with Gasteiger partial charge < -0.3 is 10.3 Å². The van der Waals surface area contributed by atoms with Crippen molar-refractivity contribution in [1.29, 1.82) is 0 Å². The molecule has 0 unspecified atom stereocenters. The highest BCUT2D eigenvalue weighted by atomic mass is 35.5. The average molecular weight is 346 g/mol. The van der Waals surface area contributed by atoms with E-state index in [1.807, 2.05) is 54.7 Å². The molecule has 1 atom stereocenters. The normalized spacial score (nSPS) is 12.3. The minimum atomic E-state index is 0.160. The SMILES string of the molecule is C[C@@H](NCc1cnc(-c2ccccc2)[nH]1)c1ccc(Cl)c(Cl)c1. The molecule has 0 spiro atoms. The summed E-state index contributed by atoms with van der Waals surface area (Å²) in [6.07, 6.45) is 1.86. The first kappa shape index (κ1) is 16.1. The number of benzene rings is 2. The fourth-order valence-electron chi connectivity index (χ4n) is 2.35. The van der Waals surface area contributed by atoms with Crippen LogP contribution in [-0.2, 0) is 6.54 Å². The first-order valence-corrected chi connectivity index (χ1v) is 8.16. The molecule has 23 heavy (non-hydrogen) atoms. The van der Waals surface area contributed by atoms with Crippen molar-refractivity contribution in [1.82, 2.24) is 15.3 Å². The van der Waals surface area contributed by atoms with Crippen LogP contribution in [0.25, 0.3) is 11.4 Å². The summed E-state index contributed by atoms with van der Waals surface area (Å²) in [6, 6.07) is 15.9. The molecule has 0 saturated carbocycles. The second-order valence-corrected chi connectivity index (χ2v) is 6.21. The largest absolute Gasteiger partial charge is 0.341 e. The molecule has 1 heterocycles. The summed E-state index contributed by atoms with van der Waals surface area (Å²) in [6.45, 7) is 2.79. The van der Waals surface area contributed by atoms with Gasteiger partial charge in [-0.05, 0) is 24.6 Å². The first-order valence-electron chi connectivity index (χ1n) is 7.41. The van der Waals surface area contributed by atoms with Crippen LogP contribution in [0.2, 0.25) is 10.0 Å². The lowest BCUT2D eigenvalue weighted by Gasteiger charge is -2.14. The van der Waals surface area contributed by atoms with Crippen LogP contribution < -0.4 is 5.32 Å². The third kappa shape index (κ3) is 3.94. The van der Waals surface area contributed by atoms with Gasteiger partial charge in [-0.15, -0.1) is 0 Å². The van der Waals surface area contributed by atoms with Gasteiger partial charge in [-0.25, -0.2) is 4.98 Å². The van der Waals surface area contributed by atoms with E-state index in [1.165, 1.54) is 0 Å². The van der Waals surface area contributed by atoms with Crippen molar-refractivity contribution in [2.24, 2.45) is 0 Å². The predicted molar refractivity (Wildman–Crippen MR) is 95.7 cm³/mol. The molecule has 0 radical (unpaired) electrons. The number of H-pyrrole nitrogens is 1. The van der Waals surface area contributed by atoms with Gasteiger partial charge in [-0.2, -0.15) is 0 Å². The van der Waals surface area contributed by atoms with Crippen molar-refractivity contribution in [2.45, 2.75) is 19.5 Å². The lowest BCUT2D eigenvalue weighted by molar-refractivity contribution is 0.569. The number of aromatic amines is 1. The Balaban J connectivity index is 1.64. The molecule has 0 amide bonds. The number of hydrogen-bond donors (Lipinski definition) is 2. The molecule has 0 aliphatic rings. The van der Waals surface area contributed by atoms with Crippen molar-refractivity contribution in [2.75, 3.05) is 0 Å². The molecule has 0 saturated heterocycles. The second-order valence-electron chi connectivity index (χ2n) is 5.40. The summed E-state index contributed by atoms with van der Waals surface area (Å²) in [7, 11) is 0. The smallest absolute Gasteiger partial charge is 0.137 e. The Kier molecular flexibility index (Phi) is 5.01. The Bertz CT molecular complexity index is 784. The van der Waals surface area contributed by atoms with Gasteiger partial charge in [0.25, 0.3) is 0 Å². The van der Waals surface area contributed by atoms with Crippen LogP contribution in [0, 0.1) is 0 Å². The second kappa shape index (κ2) is 7.18. The van der Waals surface area contributed by atoms with E-state index < -0.39 is 0 Å². The van der Waals surface area contributed by atoms with Crippen LogP contribution in [0.3, 0.4) is 0 Å². The zero-order valence-corrected chi connectivity index (χ0v) is 14.2. The third-order valence-corrected chi connectivity index (χ3v) is 4.46. The number of hydrogen-bond acceptors (Lipinski definition) is 2. The monoisotopic (exact) mass is 345 g/mol. The van der Waals surface area contributed by atoms with Gasteiger partial charge in [0.1, 0.15) is 5.82 Å². The maximum Gasteiger partial charge on any atom is 0.137 e. The van der Waals surface area contributed by atoms with Gasteiger partial charge in [0.05, 0.1) is 10.0 Å². The molecule has 2 N–H and O–H groups in total. The predicted octanol–water partition coefficient (Wildman–Crippen LogP) is 5.23. The Morgan fingerprint density at radius 3 is 2.61 bits per heavy atom. The molecule has 3 aromatic rings. The van der Waals surface area contributed by atoms with Crippen LogP contribution in [0.5, 0.6) is 0 Å². The van der Waals surface area contributed by atoms with E-state index in [9.17, 15) is 0 Å². The van der Waals surface area contributed by atoms with E-state index in [2.05, 4.69) is 22.2 Å².